The summed E-state index contributed by atoms with van der Waals surface area (Å²) < 4.78 is 0. The first kappa shape index (κ1) is 22.3. The summed E-state index contributed by atoms with van der Waals surface area (Å²) in [5.74, 6) is 0.704. The van der Waals surface area contributed by atoms with Gasteiger partial charge in [0.15, 0.2) is 0 Å². The Bertz CT molecular complexity index is 917. The molecular weight excluding hydrogens is 402 g/mol. The largest absolute Gasteiger partial charge is 0.399 e. The van der Waals surface area contributed by atoms with E-state index in [9.17, 15) is 4.79 Å². The number of benzene rings is 1. The predicted molar refractivity (Wildman–Crippen MR) is 126 cm³/mol. The predicted octanol–water partition coefficient (Wildman–Crippen LogP) is 3.17. The summed E-state index contributed by atoms with van der Waals surface area (Å²) in [5, 5.41) is 4.26. The molecule has 2 N–H and O–H groups in total. The number of nitrogen functional groups attached to an aromatic ring is 1. The van der Waals surface area contributed by atoms with Crippen molar-refractivity contribution >= 4 is 17.3 Å². The molecule has 3 heterocycles. The van der Waals surface area contributed by atoms with E-state index < -0.39 is 0 Å². The number of oxime groups is 1. The molecule has 1 aromatic carbocycles. The van der Waals surface area contributed by atoms with Crippen LogP contribution in [0.25, 0.3) is 0 Å². The lowest BCUT2D eigenvalue weighted by molar-refractivity contribution is -0.138. The van der Waals surface area contributed by atoms with Crippen molar-refractivity contribution in [2.24, 2.45) is 17.0 Å². The average Bonchev–Trinajstić information content (AvgIpc) is 2.83. The third kappa shape index (κ3) is 5.46. The minimum atomic E-state index is 0.131. The van der Waals surface area contributed by atoms with Crippen molar-refractivity contribution in [1.82, 2.24) is 14.8 Å². The van der Waals surface area contributed by atoms with Gasteiger partial charge in [-0.2, -0.15) is 0 Å². The van der Waals surface area contributed by atoms with Crippen LogP contribution in [-0.4, -0.2) is 59.7 Å². The second-order valence-corrected chi connectivity index (χ2v) is 8.77. The zero-order valence-corrected chi connectivity index (χ0v) is 18.8. The van der Waals surface area contributed by atoms with Gasteiger partial charge in [0.25, 0.3) is 0 Å². The Balaban J connectivity index is 1.27. The highest BCUT2D eigenvalue weighted by molar-refractivity contribution is 6.00. The summed E-state index contributed by atoms with van der Waals surface area (Å²) in [5.41, 5.74) is 9.68. The maximum Gasteiger partial charge on any atom is 0.225 e. The molecule has 2 aromatic rings. The number of hydrogen-bond acceptors (Lipinski definition) is 6. The van der Waals surface area contributed by atoms with E-state index in [1.165, 1.54) is 5.56 Å². The van der Waals surface area contributed by atoms with E-state index in [4.69, 9.17) is 10.6 Å². The first-order valence-electron chi connectivity index (χ1n) is 11.5. The molecule has 7 nitrogen and oxygen atoms in total. The summed E-state index contributed by atoms with van der Waals surface area (Å²) in [4.78, 5) is 27.2. The molecule has 0 spiro atoms. The van der Waals surface area contributed by atoms with Gasteiger partial charge in [-0.15, -0.1) is 0 Å². The van der Waals surface area contributed by atoms with Crippen LogP contribution in [0.5, 0.6) is 0 Å². The molecule has 0 saturated carbocycles. The van der Waals surface area contributed by atoms with Gasteiger partial charge in [-0.3, -0.25) is 14.7 Å². The standard InChI is InChI=1S/C25H33N5O2/c1-32-28-24(23-7-2-3-12-27-23)20-10-15-30(16-11-20)25(31)21-8-13-29(14-9-21)18-19-5-4-6-22(26)17-19/h2-7,12,17,20-21H,8-11,13-16,18,26H2,1H3/b28-24+. The summed E-state index contributed by atoms with van der Waals surface area (Å²) >= 11 is 0. The maximum atomic E-state index is 13.2. The number of hydrogen-bond donors (Lipinski definition) is 1. The Hall–Kier alpha value is -2.93. The number of aromatic nitrogens is 1. The molecule has 7 heteroatoms. The summed E-state index contributed by atoms with van der Waals surface area (Å²) in [6.45, 7) is 4.33. The number of carbonyl (C=O) groups excluding carboxylic acids is 1. The van der Waals surface area contributed by atoms with Gasteiger partial charge in [0, 0.05) is 43.4 Å². The molecule has 2 aliphatic rings. The van der Waals surface area contributed by atoms with Crippen molar-refractivity contribution < 1.29 is 9.63 Å². The number of carbonyl (C=O) groups is 1. The van der Waals surface area contributed by atoms with Crippen LogP contribution in [0.2, 0.25) is 0 Å². The molecule has 0 radical (unpaired) electrons. The summed E-state index contributed by atoms with van der Waals surface area (Å²) in [6, 6.07) is 13.9. The lowest BCUT2D eigenvalue weighted by Gasteiger charge is -2.37. The molecule has 4 rings (SSSR count). The van der Waals surface area contributed by atoms with Crippen LogP contribution in [0, 0.1) is 11.8 Å². The van der Waals surface area contributed by atoms with Gasteiger partial charge in [-0.25, -0.2) is 0 Å². The van der Waals surface area contributed by atoms with E-state index in [1.54, 1.807) is 13.3 Å². The van der Waals surface area contributed by atoms with Gasteiger partial charge in [-0.05, 0) is 68.6 Å². The smallest absolute Gasteiger partial charge is 0.225 e. The van der Waals surface area contributed by atoms with Gasteiger partial charge < -0.3 is 15.5 Å². The van der Waals surface area contributed by atoms with E-state index in [2.05, 4.69) is 26.0 Å². The number of nitrogens with zero attached hydrogens (tertiary/aromatic N) is 4. The molecule has 1 amide bonds. The first-order valence-corrected chi connectivity index (χ1v) is 11.5. The molecular formula is C25H33N5O2. The molecule has 2 aliphatic heterocycles. The number of nitrogens with two attached hydrogens (primary N) is 1. The van der Waals surface area contributed by atoms with Gasteiger partial charge in [-0.1, -0.05) is 23.4 Å². The number of piperidine rings is 2. The van der Waals surface area contributed by atoms with Crippen LogP contribution >= 0.6 is 0 Å². The number of likely N-dealkylation sites (tertiary alicyclic amines) is 2. The van der Waals surface area contributed by atoms with E-state index in [0.717, 1.165) is 75.5 Å². The second kappa shape index (κ2) is 10.6. The second-order valence-electron chi connectivity index (χ2n) is 8.77. The monoisotopic (exact) mass is 435 g/mol. The van der Waals surface area contributed by atoms with Gasteiger partial charge in [0.2, 0.25) is 5.91 Å². The van der Waals surface area contributed by atoms with Crippen molar-refractivity contribution in [2.45, 2.75) is 32.2 Å². The van der Waals surface area contributed by atoms with Crippen molar-refractivity contribution in [1.29, 1.82) is 0 Å². The van der Waals surface area contributed by atoms with Crippen LogP contribution in [-0.2, 0) is 16.2 Å². The Morgan fingerprint density at radius 2 is 1.81 bits per heavy atom. The molecule has 2 fully saturated rings. The number of amides is 1. The highest BCUT2D eigenvalue weighted by atomic mass is 16.6. The zero-order chi connectivity index (χ0) is 22.3. The summed E-state index contributed by atoms with van der Waals surface area (Å²) in [6.07, 6.45) is 5.40. The first-order chi connectivity index (χ1) is 15.6. The summed E-state index contributed by atoms with van der Waals surface area (Å²) in [7, 11) is 1.57. The van der Waals surface area contributed by atoms with Gasteiger partial charge in [0.05, 0.1) is 5.69 Å². The Morgan fingerprint density at radius 1 is 1.06 bits per heavy atom. The molecule has 0 atom stereocenters. The third-order valence-corrected chi connectivity index (χ3v) is 6.60. The zero-order valence-electron chi connectivity index (χ0n) is 18.8. The van der Waals surface area contributed by atoms with E-state index >= 15 is 0 Å². The van der Waals surface area contributed by atoms with Crippen LogP contribution in [0.15, 0.2) is 53.8 Å². The fraction of sp³-hybridized carbons (Fsp3) is 0.480. The SMILES string of the molecule is CO/N=C(/c1ccccn1)C1CCN(C(=O)C2CCN(Cc3cccc(N)c3)CC2)CC1. The highest BCUT2D eigenvalue weighted by Crippen LogP contribution is 2.26. The third-order valence-electron chi connectivity index (χ3n) is 6.60. The van der Waals surface area contributed by atoms with E-state index in [-0.39, 0.29) is 11.8 Å². The van der Waals surface area contributed by atoms with Crippen LogP contribution < -0.4 is 5.73 Å². The Labute approximate surface area is 190 Å². The Kier molecular flexibility index (Phi) is 7.37. The van der Waals surface area contributed by atoms with Crippen LogP contribution in [0.4, 0.5) is 5.69 Å². The molecule has 0 unspecified atom stereocenters. The van der Waals surface area contributed by atoms with Crippen LogP contribution in [0.3, 0.4) is 0 Å². The minimum Gasteiger partial charge on any atom is -0.399 e. The number of pyridine rings is 1. The fourth-order valence-corrected chi connectivity index (χ4v) is 4.86. The molecule has 170 valence electrons. The van der Waals surface area contributed by atoms with Crippen molar-refractivity contribution in [3.05, 3.63) is 59.9 Å². The lowest BCUT2D eigenvalue weighted by Crippen LogP contribution is -2.46. The number of rotatable bonds is 6. The average molecular weight is 436 g/mol. The van der Waals surface area contributed by atoms with Gasteiger partial charge in [0.1, 0.15) is 12.8 Å². The molecule has 1 aromatic heterocycles. The number of anilines is 1. The minimum absolute atomic E-state index is 0.131. The normalized spacial score (nSPS) is 19.2. The quantitative estimate of drug-likeness (QED) is 0.428. The molecule has 0 bridgehead atoms. The van der Waals surface area contributed by atoms with Crippen LogP contribution in [0.1, 0.15) is 36.9 Å². The van der Waals surface area contributed by atoms with Crippen molar-refractivity contribution in [3.63, 3.8) is 0 Å². The van der Waals surface area contributed by atoms with E-state index in [0.29, 0.717) is 5.91 Å². The molecule has 32 heavy (non-hydrogen) atoms. The van der Waals surface area contributed by atoms with E-state index in [1.807, 2.05) is 36.4 Å². The van der Waals surface area contributed by atoms with Crippen molar-refractivity contribution in [2.75, 3.05) is 39.0 Å². The fourth-order valence-electron chi connectivity index (χ4n) is 4.86. The molecule has 2 saturated heterocycles. The van der Waals surface area contributed by atoms with Gasteiger partial charge >= 0.3 is 0 Å². The molecule has 0 aliphatic carbocycles. The Morgan fingerprint density at radius 3 is 2.47 bits per heavy atom. The topological polar surface area (TPSA) is 84.1 Å². The van der Waals surface area contributed by atoms with Crippen molar-refractivity contribution in [3.8, 4) is 0 Å². The highest BCUT2D eigenvalue weighted by Gasteiger charge is 2.32. The maximum absolute atomic E-state index is 13.2. The lowest BCUT2D eigenvalue weighted by atomic mass is 9.88.